The van der Waals surface area contributed by atoms with Gasteiger partial charge in [-0.25, -0.2) is 24.3 Å². The quantitative estimate of drug-likeness (QED) is 0.325. The second-order valence-corrected chi connectivity index (χ2v) is 13.9. The molecule has 2 aliphatic carbocycles. The molecule has 4 heteroatoms. The number of hydrogen-bond donors (Lipinski definition) is 0. The Hall–Kier alpha value is 0.227. The fourth-order valence-corrected chi connectivity index (χ4v) is 3.86. The standard InChI is InChI=1S/C7H8Si.2C5H5.2BrH.Hf/c1-8-7-5-3-2-4-6-7;2*1-2-4-5-3-1;;;/h2-6H,1H3;2*1-3H,4H2;2*1H;/q;2*-1;;;+2. The van der Waals surface area contributed by atoms with Crippen molar-refractivity contribution >= 4 is 44.6 Å². The van der Waals surface area contributed by atoms with E-state index >= 15 is 0 Å². The molecule has 0 fully saturated rings. The largest absolute Gasteiger partial charge is 0.273 e. The Bertz CT molecular complexity index is 449. The van der Waals surface area contributed by atoms with Crippen molar-refractivity contribution in [3.05, 3.63) is 78.9 Å². The molecule has 0 saturated carbocycles. The van der Waals surface area contributed by atoms with E-state index in [0.717, 1.165) is 12.8 Å². The Morgan fingerprint density at radius 1 is 0.905 bits per heavy atom. The molecular formula is C17H20Br2HfSi. The van der Waals surface area contributed by atoms with Crippen LogP contribution in [0.15, 0.2) is 66.8 Å². The molecular weight excluding hydrogens is 571 g/mol. The van der Waals surface area contributed by atoms with Crippen LogP contribution in [0.5, 0.6) is 0 Å². The van der Waals surface area contributed by atoms with Gasteiger partial charge in [0, 0.05) is 0 Å². The van der Waals surface area contributed by atoms with Gasteiger partial charge in [-0.2, -0.15) is 12.2 Å². The van der Waals surface area contributed by atoms with Gasteiger partial charge in [0.25, 0.3) is 0 Å². The van der Waals surface area contributed by atoms with E-state index in [-0.39, 0.29) is 39.5 Å². The van der Waals surface area contributed by atoms with Gasteiger partial charge in [-0.3, -0.25) is 12.2 Å². The maximum Gasteiger partial charge on any atom is -0.109 e. The molecule has 0 N–H and O–H groups in total. The Morgan fingerprint density at radius 3 is 1.57 bits per heavy atom. The first kappa shape index (κ1) is 23.5. The molecule has 110 valence electrons. The normalized spacial score (nSPS) is 12.3. The number of rotatable bonds is 1. The number of halogens is 2. The van der Waals surface area contributed by atoms with Crippen LogP contribution in [0.1, 0.15) is 12.8 Å². The molecule has 0 aromatic heterocycles. The summed E-state index contributed by atoms with van der Waals surface area (Å²) in [7, 11) is 0. The second-order valence-electron chi connectivity index (χ2n) is 4.00. The second kappa shape index (κ2) is 16.6. The molecule has 0 bridgehead atoms. The van der Waals surface area contributed by atoms with Gasteiger partial charge in [0.1, 0.15) is 0 Å². The summed E-state index contributed by atoms with van der Waals surface area (Å²) in [5, 5.41) is 1.58. The van der Waals surface area contributed by atoms with Gasteiger partial charge in [-0.1, -0.05) is 0 Å². The summed E-state index contributed by atoms with van der Waals surface area (Å²) < 4.78 is 0. The third kappa shape index (κ3) is 13.6. The summed E-state index contributed by atoms with van der Waals surface area (Å²) in [6.07, 6.45) is 20.0. The van der Waals surface area contributed by atoms with E-state index in [9.17, 15) is 0 Å². The average molecular weight is 591 g/mol. The van der Waals surface area contributed by atoms with Crippen LogP contribution in [-0.4, -0.2) is 5.49 Å². The zero-order valence-corrected chi connectivity index (χ0v) is 20.1. The average Bonchev–Trinajstić information content (AvgIpc) is 3.18. The zero-order valence-electron chi connectivity index (χ0n) is 12.1. The maximum absolute atomic E-state index is 2.99. The van der Waals surface area contributed by atoms with Gasteiger partial charge >= 0.3 is 70.6 Å². The number of benzene rings is 1. The minimum atomic E-state index is -0.0733. The summed E-state index contributed by atoms with van der Waals surface area (Å²) in [4.78, 5) is 0. The van der Waals surface area contributed by atoms with E-state index in [1.807, 2.05) is 24.3 Å². The van der Waals surface area contributed by atoms with Crippen molar-refractivity contribution in [2.24, 2.45) is 0 Å². The third-order valence-corrected chi connectivity index (χ3v) is 6.69. The molecule has 0 radical (unpaired) electrons. The fraction of sp³-hybridized carbons (Fsp3) is 0.176. The van der Waals surface area contributed by atoms with E-state index < -0.39 is 0 Å². The summed E-state index contributed by atoms with van der Waals surface area (Å²) in [6, 6.07) is 10.8. The predicted octanol–water partition coefficient (Wildman–Crippen LogP) is 4.83. The minimum Gasteiger partial charge on any atom is -0.273 e. The molecule has 1 aromatic rings. The number of hydrogen-bond acceptors (Lipinski definition) is 0. The molecule has 0 aliphatic heterocycles. The fourth-order valence-electron chi connectivity index (χ4n) is 1.37. The van der Waals surface area contributed by atoms with Crippen molar-refractivity contribution < 1.29 is 23.0 Å². The molecule has 0 spiro atoms. The van der Waals surface area contributed by atoms with Crippen LogP contribution in [0, 0.1) is 12.2 Å². The van der Waals surface area contributed by atoms with Crippen molar-refractivity contribution in [2.75, 3.05) is 0 Å². The third-order valence-electron chi connectivity index (χ3n) is 2.38. The van der Waals surface area contributed by atoms with E-state index in [4.69, 9.17) is 0 Å². The van der Waals surface area contributed by atoms with Crippen LogP contribution >= 0.6 is 34.0 Å². The Labute approximate surface area is 164 Å². The Kier molecular flexibility index (Phi) is 18.6. The molecule has 3 rings (SSSR count). The number of allylic oxidation sites excluding steroid dienone is 8. The van der Waals surface area contributed by atoms with Gasteiger partial charge in [-0.15, -0.1) is 46.8 Å². The van der Waals surface area contributed by atoms with Crippen molar-refractivity contribution in [3.8, 4) is 0 Å². The first-order valence-corrected chi connectivity index (χ1v) is 13.7. The van der Waals surface area contributed by atoms with Crippen LogP contribution in [0.2, 0.25) is 6.55 Å². The minimum absolute atomic E-state index is 0. The molecule has 0 amide bonds. The molecule has 2 aliphatic rings. The molecule has 0 heterocycles. The summed E-state index contributed by atoms with van der Waals surface area (Å²) in [5.74, 6) is 0. The molecule has 21 heavy (non-hydrogen) atoms. The van der Waals surface area contributed by atoms with Crippen molar-refractivity contribution in [2.45, 2.75) is 19.4 Å². The van der Waals surface area contributed by atoms with Gasteiger partial charge in [0.05, 0.1) is 0 Å². The van der Waals surface area contributed by atoms with Gasteiger partial charge < -0.3 is 0 Å². The molecule has 0 saturated heterocycles. The first-order valence-electron chi connectivity index (χ1n) is 6.34. The van der Waals surface area contributed by atoms with Gasteiger partial charge in [0.15, 0.2) is 0 Å². The Morgan fingerprint density at radius 2 is 1.38 bits per heavy atom. The van der Waals surface area contributed by atoms with Crippen molar-refractivity contribution in [1.29, 1.82) is 0 Å². The van der Waals surface area contributed by atoms with E-state index in [1.54, 1.807) is 5.19 Å². The summed E-state index contributed by atoms with van der Waals surface area (Å²) in [5.41, 5.74) is -0.0733. The van der Waals surface area contributed by atoms with Crippen LogP contribution in [0.4, 0.5) is 0 Å². The summed E-state index contributed by atoms with van der Waals surface area (Å²) >= 11 is 1.36. The van der Waals surface area contributed by atoms with Crippen LogP contribution < -0.4 is 5.19 Å². The molecule has 0 nitrogen and oxygen atoms in total. The van der Waals surface area contributed by atoms with Crippen molar-refractivity contribution in [3.63, 3.8) is 0 Å². The Balaban J connectivity index is 0. The zero-order chi connectivity index (χ0) is 13.8. The molecule has 1 aromatic carbocycles. The van der Waals surface area contributed by atoms with E-state index in [2.05, 4.69) is 61.2 Å². The molecule has 0 unspecified atom stereocenters. The van der Waals surface area contributed by atoms with E-state index in [0.29, 0.717) is 0 Å². The monoisotopic (exact) mass is 590 g/mol. The predicted molar refractivity (Wildman–Crippen MR) is 101 cm³/mol. The molecule has 0 atom stereocenters. The SMILES string of the molecule is Br.Br.C[Si](=[Hf+2])c1ccccc1.[C-]1=CC=CC1.[C-]1=CC=CC1. The maximum atomic E-state index is 2.99. The van der Waals surface area contributed by atoms with E-state index in [1.165, 1.54) is 23.0 Å². The van der Waals surface area contributed by atoms with Gasteiger partial charge in [-0.05, 0) is 0 Å². The first-order chi connectivity index (χ1) is 9.30. The summed E-state index contributed by atoms with van der Waals surface area (Å²) in [6.45, 7) is 2.37. The smallest absolute Gasteiger partial charge is 0.109 e. The van der Waals surface area contributed by atoms with Crippen LogP contribution in [-0.2, 0) is 23.0 Å². The van der Waals surface area contributed by atoms with Crippen molar-refractivity contribution in [1.82, 2.24) is 0 Å². The van der Waals surface area contributed by atoms with Crippen LogP contribution in [0.3, 0.4) is 0 Å². The van der Waals surface area contributed by atoms with Gasteiger partial charge in [0.2, 0.25) is 0 Å². The van der Waals surface area contributed by atoms with Crippen LogP contribution in [0.25, 0.3) is 0 Å². The topological polar surface area (TPSA) is 0 Å².